The molecule has 0 saturated carbocycles. The lowest BCUT2D eigenvalue weighted by molar-refractivity contribution is 0.101. The highest BCUT2D eigenvalue weighted by molar-refractivity contribution is 6.04. The summed E-state index contributed by atoms with van der Waals surface area (Å²) < 4.78 is 0. The molecular weight excluding hydrogens is 164 g/mol. The zero-order valence-corrected chi connectivity index (χ0v) is 7.59. The van der Waals surface area contributed by atoms with Gasteiger partial charge in [0.25, 0.3) is 0 Å². The Morgan fingerprint density at radius 3 is 2.92 bits per heavy atom. The fourth-order valence-electron chi connectivity index (χ4n) is 1.44. The molecule has 0 amide bonds. The number of aromatic amines is 1. The highest BCUT2D eigenvalue weighted by Gasteiger charge is 2.07. The normalized spacial score (nSPS) is 10.6. The number of nitrogens with one attached hydrogen (secondary N) is 1. The first kappa shape index (κ1) is 7.98. The number of benzene rings is 1. The van der Waals surface area contributed by atoms with Crippen LogP contribution in [0.2, 0.25) is 0 Å². The molecule has 1 aromatic heterocycles. The number of H-pyrrole nitrogens is 1. The van der Waals surface area contributed by atoms with E-state index >= 15 is 0 Å². The maximum atomic E-state index is 11.2. The van der Waals surface area contributed by atoms with Crippen molar-refractivity contribution in [2.75, 3.05) is 0 Å². The van der Waals surface area contributed by atoms with Crippen molar-refractivity contribution < 1.29 is 4.79 Å². The van der Waals surface area contributed by atoms with Gasteiger partial charge in [-0.3, -0.25) is 4.79 Å². The predicted octanol–water partition coefficient (Wildman–Crippen LogP) is 2.07. The number of nitrogens with zero attached hydrogens (tertiary/aromatic N) is 1. The van der Waals surface area contributed by atoms with Crippen LogP contribution < -0.4 is 0 Å². The van der Waals surface area contributed by atoms with E-state index in [0.717, 1.165) is 16.9 Å². The Kier molecular flexibility index (Phi) is 1.65. The molecule has 2 aromatic rings. The Balaban J connectivity index is 2.82. The first-order chi connectivity index (χ1) is 6.18. The van der Waals surface area contributed by atoms with Crippen LogP contribution in [0.3, 0.4) is 0 Å². The fourth-order valence-corrected chi connectivity index (χ4v) is 1.44. The Morgan fingerprint density at radius 1 is 1.46 bits per heavy atom. The van der Waals surface area contributed by atoms with Crippen LogP contribution in [0.5, 0.6) is 0 Å². The number of carbonyl (C=O) groups is 1. The lowest BCUT2D eigenvalue weighted by Gasteiger charge is -1.94. The van der Waals surface area contributed by atoms with Gasteiger partial charge in [-0.15, -0.1) is 0 Å². The maximum Gasteiger partial charge on any atom is 0.162 e. The van der Waals surface area contributed by atoms with Crippen LogP contribution in [-0.4, -0.2) is 15.8 Å². The van der Waals surface area contributed by atoms with Crippen molar-refractivity contribution in [1.29, 1.82) is 0 Å². The first-order valence-electron chi connectivity index (χ1n) is 4.15. The van der Waals surface area contributed by atoms with Crippen LogP contribution >= 0.6 is 0 Å². The molecule has 2 rings (SSSR count). The Labute approximate surface area is 75.8 Å². The summed E-state index contributed by atoms with van der Waals surface area (Å²) in [7, 11) is 0. The second-order valence-electron chi connectivity index (χ2n) is 3.08. The van der Waals surface area contributed by atoms with E-state index in [9.17, 15) is 4.79 Å². The molecule has 0 aliphatic carbocycles. The van der Waals surface area contributed by atoms with E-state index in [4.69, 9.17) is 0 Å². The number of rotatable bonds is 1. The van der Waals surface area contributed by atoms with E-state index in [-0.39, 0.29) is 5.78 Å². The van der Waals surface area contributed by atoms with Crippen molar-refractivity contribution in [3.63, 3.8) is 0 Å². The Bertz CT molecular complexity index is 471. The molecule has 1 N–H and O–H groups in total. The summed E-state index contributed by atoms with van der Waals surface area (Å²) in [4.78, 5) is 18.6. The lowest BCUT2D eigenvalue weighted by Crippen LogP contribution is -1.92. The van der Waals surface area contributed by atoms with Crippen LogP contribution in [0.25, 0.3) is 11.0 Å². The Hall–Kier alpha value is -1.64. The number of hydrogen-bond acceptors (Lipinski definition) is 2. The fraction of sp³-hybridized carbons (Fsp3) is 0.200. The quantitative estimate of drug-likeness (QED) is 0.673. The van der Waals surface area contributed by atoms with Crippen LogP contribution in [0, 0.1) is 6.92 Å². The number of Topliss-reactive ketones (excluding diaryl/α,β-unsaturated/α-hetero) is 1. The third-order valence-corrected chi connectivity index (χ3v) is 2.01. The monoisotopic (exact) mass is 174 g/mol. The maximum absolute atomic E-state index is 11.2. The number of carbonyl (C=O) groups excluding carboxylic acids is 1. The van der Waals surface area contributed by atoms with Gasteiger partial charge < -0.3 is 4.98 Å². The average Bonchev–Trinajstić information content (AvgIpc) is 2.43. The number of imidazole rings is 1. The summed E-state index contributed by atoms with van der Waals surface area (Å²) in [6.07, 6.45) is 0. The summed E-state index contributed by atoms with van der Waals surface area (Å²) >= 11 is 0. The number of hydrogen-bond donors (Lipinski definition) is 1. The minimum absolute atomic E-state index is 0.0529. The zero-order chi connectivity index (χ0) is 9.42. The van der Waals surface area contributed by atoms with E-state index in [2.05, 4.69) is 9.97 Å². The van der Waals surface area contributed by atoms with Crippen LogP contribution in [0.4, 0.5) is 0 Å². The average molecular weight is 174 g/mol. The summed E-state index contributed by atoms with van der Waals surface area (Å²) in [6.45, 7) is 3.43. The van der Waals surface area contributed by atoms with Crippen molar-refractivity contribution in [1.82, 2.24) is 9.97 Å². The lowest BCUT2D eigenvalue weighted by atomic mass is 10.1. The molecule has 0 aliphatic rings. The van der Waals surface area contributed by atoms with Crippen molar-refractivity contribution in [3.8, 4) is 0 Å². The van der Waals surface area contributed by atoms with Crippen LogP contribution in [-0.2, 0) is 0 Å². The molecule has 0 atom stereocenters. The standard InChI is InChI=1S/C10H10N2O/c1-6(13)8-4-3-5-9-10(8)12-7(2)11-9/h3-5H,1-2H3,(H,11,12). The highest BCUT2D eigenvalue weighted by atomic mass is 16.1. The Morgan fingerprint density at radius 2 is 2.23 bits per heavy atom. The van der Waals surface area contributed by atoms with Gasteiger partial charge >= 0.3 is 0 Å². The molecule has 0 radical (unpaired) electrons. The molecule has 1 aromatic carbocycles. The topological polar surface area (TPSA) is 45.8 Å². The molecule has 0 bridgehead atoms. The summed E-state index contributed by atoms with van der Waals surface area (Å²) in [6, 6.07) is 5.57. The molecule has 3 heteroatoms. The van der Waals surface area contributed by atoms with Gasteiger partial charge in [-0.05, 0) is 26.0 Å². The molecule has 0 spiro atoms. The number of ketones is 1. The third kappa shape index (κ3) is 1.22. The molecule has 13 heavy (non-hydrogen) atoms. The van der Waals surface area contributed by atoms with Crippen LogP contribution in [0.15, 0.2) is 18.2 Å². The van der Waals surface area contributed by atoms with E-state index in [0.29, 0.717) is 5.56 Å². The largest absolute Gasteiger partial charge is 0.342 e. The number of aromatic nitrogens is 2. The van der Waals surface area contributed by atoms with Gasteiger partial charge in [0.05, 0.1) is 11.0 Å². The molecule has 0 saturated heterocycles. The van der Waals surface area contributed by atoms with Crippen molar-refractivity contribution >= 4 is 16.8 Å². The SMILES string of the molecule is CC(=O)c1cccc2[nH]c(C)nc12. The first-order valence-corrected chi connectivity index (χ1v) is 4.15. The molecule has 0 unspecified atom stereocenters. The minimum atomic E-state index is 0.0529. The minimum Gasteiger partial charge on any atom is -0.342 e. The summed E-state index contributed by atoms with van der Waals surface area (Å²) in [5.41, 5.74) is 2.37. The van der Waals surface area contributed by atoms with Gasteiger partial charge in [-0.2, -0.15) is 0 Å². The van der Waals surface area contributed by atoms with Crippen molar-refractivity contribution in [2.24, 2.45) is 0 Å². The molecule has 0 fully saturated rings. The van der Waals surface area contributed by atoms with E-state index < -0.39 is 0 Å². The molecule has 3 nitrogen and oxygen atoms in total. The zero-order valence-electron chi connectivity index (χ0n) is 7.59. The second-order valence-corrected chi connectivity index (χ2v) is 3.08. The third-order valence-electron chi connectivity index (χ3n) is 2.01. The van der Waals surface area contributed by atoms with E-state index in [1.807, 2.05) is 19.1 Å². The second kappa shape index (κ2) is 2.69. The summed E-state index contributed by atoms with van der Waals surface area (Å²) in [5, 5.41) is 0. The number of aryl methyl sites for hydroxylation is 1. The number of para-hydroxylation sites is 1. The molecule has 1 heterocycles. The van der Waals surface area contributed by atoms with E-state index in [1.165, 1.54) is 0 Å². The molecule has 0 aliphatic heterocycles. The van der Waals surface area contributed by atoms with Gasteiger partial charge in [-0.25, -0.2) is 4.98 Å². The van der Waals surface area contributed by atoms with Gasteiger partial charge in [0, 0.05) is 5.56 Å². The van der Waals surface area contributed by atoms with E-state index in [1.54, 1.807) is 13.0 Å². The highest BCUT2D eigenvalue weighted by Crippen LogP contribution is 2.16. The smallest absolute Gasteiger partial charge is 0.162 e. The van der Waals surface area contributed by atoms with Gasteiger partial charge in [0.2, 0.25) is 0 Å². The van der Waals surface area contributed by atoms with Gasteiger partial charge in [-0.1, -0.05) is 6.07 Å². The summed E-state index contributed by atoms with van der Waals surface area (Å²) in [5.74, 6) is 0.890. The van der Waals surface area contributed by atoms with Crippen molar-refractivity contribution in [2.45, 2.75) is 13.8 Å². The molecular formula is C10H10N2O. The van der Waals surface area contributed by atoms with Crippen LogP contribution in [0.1, 0.15) is 23.1 Å². The van der Waals surface area contributed by atoms with Gasteiger partial charge in [0.1, 0.15) is 5.82 Å². The van der Waals surface area contributed by atoms with Crippen molar-refractivity contribution in [3.05, 3.63) is 29.6 Å². The molecule has 66 valence electrons. The predicted molar refractivity (Wildman–Crippen MR) is 50.8 cm³/mol. The number of fused-ring (bicyclic) bond motifs is 1. The van der Waals surface area contributed by atoms with Gasteiger partial charge in [0.15, 0.2) is 5.78 Å².